The number of nitrogens with zero attached hydrogens (tertiary/aromatic N) is 2. The third-order valence-corrected chi connectivity index (χ3v) is 4.89. The van der Waals surface area contributed by atoms with Gasteiger partial charge in [0, 0.05) is 30.9 Å². The minimum atomic E-state index is -0.323. The molecule has 5 heteroatoms. The fourth-order valence-electron chi connectivity index (χ4n) is 3.47. The molecule has 1 atom stereocenters. The second-order valence-electron chi connectivity index (χ2n) is 7.74. The summed E-state index contributed by atoms with van der Waals surface area (Å²) in [5.74, 6) is 0.820. The summed E-state index contributed by atoms with van der Waals surface area (Å²) in [6.45, 7) is 5.50. The van der Waals surface area contributed by atoms with Crippen molar-refractivity contribution in [3.63, 3.8) is 0 Å². The van der Waals surface area contributed by atoms with Crippen LogP contribution in [0.25, 0.3) is 0 Å². The van der Waals surface area contributed by atoms with E-state index in [-0.39, 0.29) is 17.4 Å². The fourth-order valence-corrected chi connectivity index (χ4v) is 3.47. The molecule has 0 aromatic carbocycles. The first kappa shape index (κ1) is 16.2. The Kier molecular flexibility index (Phi) is 4.57. The van der Waals surface area contributed by atoms with Gasteiger partial charge in [0.15, 0.2) is 0 Å². The zero-order valence-corrected chi connectivity index (χ0v) is 14.1. The van der Waals surface area contributed by atoms with E-state index in [0.717, 1.165) is 12.2 Å². The van der Waals surface area contributed by atoms with Gasteiger partial charge in [0.1, 0.15) is 5.82 Å². The van der Waals surface area contributed by atoms with Gasteiger partial charge < -0.3 is 15.3 Å². The third kappa shape index (κ3) is 4.02. The van der Waals surface area contributed by atoms with Crippen molar-refractivity contribution < 1.29 is 9.90 Å². The molecule has 1 saturated carbocycles. The molecule has 1 unspecified atom stereocenters. The van der Waals surface area contributed by atoms with Gasteiger partial charge in [-0.2, -0.15) is 0 Å². The van der Waals surface area contributed by atoms with Crippen LogP contribution in [0.15, 0.2) is 18.3 Å². The number of hydrogen-bond acceptors (Lipinski definition) is 4. The normalized spacial score (nSPS) is 24.7. The molecule has 0 bridgehead atoms. The minimum absolute atomic E-state index is 0.0336. The van der Waals surface area contributed by atoms with Gasteiger partial charge in [0.2, 0.25) is 0 Å². The second kappa shape index (κ2) is 6.48. The molecular formula is C18H27N3O2. The predicted molar refractivity (Wildman–Crippen MR) is 90.4 cm³/mol. The number of aromatic nitrogens is 1. The molecule has 2 heterocycles. The molecule has 0 radical (unpaired) electrons. The Labute approximate surface area is 138 Å². The topological polar surface area (TPSA) is 65.5 Å². The molecule has 126 valence electrons. The number of likely N-dealkylation sites (tertiary alicyclic amines) is 1. The van der Waals surface area contributed by atoms with E-state index in [1.807, 2.05) is 11.0 Å². The van der Waals surface area contributed by atoms with Crippen LogP contribution in [0.2, 0.25) is 0 Å². The van der Waals surface area contributed by atoms with Gasteiger partial charge in [-0.3, -0.25) is 4.79 Å². The highest BCUT2D eigenvalue weighted by atomic mass is 16.3. The Morgan fingerprint density at radius 1 is 1.39 bits per heavy atom. The zero-order chi connectivity index (χ0) is 16.4. The molecule has 0 spiro atoms. The number of rotatable bonds is 3. The van der Waals surface area contributed by atoms with Crippen LogP contribution in [0.1, 0.15) is 56.3 Å². The van der Waals surface area contributed by atoms with Crippen LogP contribution >= 0.6 is 0 Å². The van der Waals surface area contributed by atoms with E-state index in [1.165, 1.54) is 19.3 Å². The Bertz CT molecular complexity index is 569. The van der Waals surface area contributed by atoms with Crippen LogP contribution < -0.4 is 5.32 Å². The summed E-state index contributed by atoms with van der Waals surface area (Å²) >= 11 is 0. The summed E-state index contributed by atoms with van der Waals surface area (Å²) in [6, 6.07) is 4.14. The molecule has 5 nitrogen and oxygen atoms in total. The van der Waals surface area contributed by atoms with Crippen LogP contribution in [0.5, 0.6) is 0 Å². The van der Waals surface area contributed by atoms with E-state index < -0.39 is 0 Å². The average molecular weight is 317 g/mol. The molecule has 1 aromatic rings. The van der Waals surface area contributed by atoms with Crippen LogP contribution in [0, 0.1) is 5.41 Å². The number of aliphatic hydroxyl groups is 1. The predicted octanol–water partition coefficient (Wildman–Crippen LogP) is 2.67. The number of pyridine rings is 1. The number of amides is 1. The Morgan fingerprint density at radius 2 is 2.17 bits per heavy atom. The summed E-state index contributed by atoms with van der Waals surface area (Å²) in [4.78, 5) is 19.1. The highest BCUT2D eigenvalue weighted by Crippen LogP contribution is 2.29. The molecular weight excluding hydrogens is 290 g/mol. The highest BCUT2D eigenvalue weighted by Gasteiger charge is 2.31. The number of aliphatic hydroxyl groups excluding tert-OH is 1. The van der Waals surface area contributed by atoms with E-state index in [2.05, 4.69) is 24.1 Å². The SMILES string of the molecule is CC1(C)CC(O)CCN(C(=O)c2ccnc(NC3CCC3)c2)C1. The maximum atomic E-state index is 12.9. The van der Waals surface area contributed by atoms with Gasteiger partial charge >= 0.3 is 0 Å². The van der Waals surface area contributed by atoms with Crippen molar-refractivity contribution in [1.29, 1.82) is 0 Å². The van der Waals surface area contributed by atoms with Crippen molar-refractivity contribution in [2.45, 2.75) is 58.1 Å². The monoisotopic (exact) mass is 317 g/mol. The van der Waals surface area contributed by atoms with E-state index in [9.17, 15) is 9.90 Å². The van der Waals surface area contributed by atoms with Gasteiger partial charge in [0.25, 0.3) is 5.91 Å². The number of hydrogen-bond donors (Lipinski definition) is 2. The second-order valence-corrected chi connectivity index (χ2v) is 7.74. The van der Waals surface area contributed by atoms with Gasteiger partial charge in [-0.05, 0) is 49.7 Å². The summed E-state index contributed by atoms with van der Waals surface area (Å²) in [6.07, 6.45) is 6.38. The van der Waals surface area contributed by atoms with E-state index in [0.29, 0.717) is 31.1 Å². The average Bonchev–Trinajstić information content (AvgIpc) is 2.59. The molecule has 2 N–H and O–H groups in total. The van der Waals surface area contributed by atoms with E-state index >= 15 is 0 Å². The van der Waals surface area contributed by atoms with Crippen molar-refractivity contribution >= 4 is 11.7 Å². The van der Waals surface area contributed by atoms with Crippen molar-refractivity contribution in [3.05, 3.63) is 23.9 Å². The van der Waals surface area contributed by atoms with Gasteiger partial charge in [-0.15, -0.1) is 0 Å². The molecule has 1 saturated heterocycles. The quantitative estimate of drug-likeness (QED) is 0.899. The van der Waals surface area contributed by atoms with Crippen LogP contribution in [-0.4, -0.2) is 46.1 Å². The molecule has 2 aliphatic rings. The minimum Gasteiger partial charge on any atom is -0.393 e. The molecule has 1 aliphatic heterocycles. The van der Waals surface area contributed by atoms with Crippen molar-refractivity contribution in [2.24, 2.45) is 5.41 Å². The highest BCUT2D eigenvalue weighted by molar-refractivity contribution is 5.94. The first-order chi connectivity index (χ1) is 10.9. The molecule has 23 heavy (non-hydrogen) atoms. The lowest BCUT2D eigenvalue weighted by molar-refractivity contribution is 0.0705. The van der Waals surface area contributed by atoms with Crippen molar-refractivity contribution in [2.75, 3.05) is 18.4 Å². The largest absolute Gasteiger partial charge is 0.393 e. The number of carbonyl (C=O) groups excluding carboxylic acids is 1. The molecule has 1 aromatic heterocycles. The summed E-state index contributed by atoms with van der Waals surface area (Å²) in [5, 5.41) is 13.4. The fraction of sp³-hybridized carbons (Fsp3) is 0.667. The number of anilines is 1. The first-order valence-corrected chi connectivity index (χ1v) is 8.63. The molecule has 2 fully saturated rings. The number of carbonyl (C=O) groups is 1. The maximum Gasteiger partial charge on any atom is 0.254 e. The molecule has 1 aliphatic carbocycles. The van der Waals surface area contributed by atoms with Crippen molar-refractivity contribution in [3.8, 4) is 0 Å². The molecule has 3 rings (SSSR count). The van der Waals surface area contributed by atoms with E-state index in [1.54, 1.807) is 12.3 Å². The summed E-state index contributed by atoms with van der Waals surface area (Å²) in [7, 11) is 0. The van der Waals surface area contributed by atoms with Crippen LogP contribution in [-0.2, 0) is 0 Å². The van der Waals surface area contributed by atoms with Gasteiger partial charge in [-0.25, -0.2) is 4.98 Å². The Balaban J connectivity index is 1.72. The number of nitrogens with one attached hydrogen (secondary N) is 1. The lowest BCUT2D eigenvalue weighted by atomic mass is 9.87. The van der Waals surface area contributed by atoms with Gasteiger partial charge in [0.05, 0.1) is 6.10 Å². The van der Waals surface area contributed by atoms with Crippen LogP contribution in [0.4, 0.5) is 5.82 Å². The Morgan fingerprint density at radius 3 is 2.87 bits per heavy atom. The lowest BCUT2D eigenvalue weighted by Crippen LogP contribution is -2.37. The van der Waals surface area contributed by atoms with Crippen molar-refractivity contribution in [1.82, 2.24) is 9.88 Å². The zero-order valence-electron chi connectivity index (χ0n) is 14.1. The maximum absolute atomic E-state index is 12.9. The lowest BCUT2D eigenvalue weighted by Gasteiger charge is -2.30. The first-order valence-electron chi connectivity index (χ1n) is 8.63. The van der Waals surface area contributed by atoms with Gasteiger partial charge in [-0.1, -0.05) is 13.8 Å². The summed E-state index contributed by atoms with van der Waals surface area (Å²) in [5.41, 5.74) is 0.611. The summed E-state index contributed by atoms with van der Waals surface area (Å²) < 4.78 is 0. The third-order valence-electron chi connectivity index (χ3n) is 4.89. The standard InChI is InChI=1S/C18H27N3O2/c1-18(2)11-15(22)7-9-21(12-18)17(23)13-6-8-19-16(10-13)20-14-4-3-5-14/h6,8,10,14-15,22H,3-5,7,9,11-12H2,1-2H3,(H,19,20). The van der Waals surface area contributed by atoms with E-state index in [4.69, 9.17) is 0 Å². The smallest absolute Gasteiger partial charge is 0.254 e. The Hall–Kier alpha value is -1.62. The van der Waals surface area contributed by atoms with Crippen LogP contribution in [0.3, 0.4) is 0 Å². The molecule has 1 amide bonds.